The quantitative estimate of drug-likeness (QED) is 0.726. The number of hydrogen-bond acceptors (Lipinski definition) is 3. The van der Waals surface area contributed by atoms with Crippen molar-refractivity contribution in [1.82, 2.24) is 10.6 Å². The first-order chi connectivity index (χ1) is 8.99. The van der Waals surface area contributed by atoms with E-state index in [1.165, 1.54) is 0 Å². The summed E-state index contributed by atoms with van der Waals surface area (Å²) in [6.07, 6.45) is 0. The summed E-state index contributed by atoms with van der Waals surface area (Å²) < 4.78 is 5.12. The van der Waals surface area contributed by atoms with Gasteiger partial charge in [-0.1, -0.05) is 26.0 Å². The molecule has 2 amide bonds. The Kier molecular flexibility index (Phi) is 5.63. The number of amides is 2. The molecule has 0 radical (unpaired) electrons. The molecular formula is C14H22N2O3. The Morgan fingerprint density at radius 1 is 1.26 bits per heavy atom. The fourth-order valence-corrected chi connectivity index (χ4v) is 1.68. The lowest BCUT2D eigenvalue weighted by atomic mass is 9.84. The average molecular weight is 266 g/mol. The first kappa shape index (κ1) is 15.3. The van der Waals surface area contributed by atoms with Crippen LogP contribution in [-0.2, 0) is 5.41 Å². The second kappa shape index (κ2) is 6.99. The number of aliphatic hydroxyl groups excluding tert-OH is 1. The molecule has 3 N–H and O–H groups in total. The number of methoxy groups -OCH3 is 1. The highest BCUT2D eigenvalue weighted by Gasteiger charge is 2.21. The molecule has 0 aliphatic heterocycles. The molecule has 1 aromatic rings. The van der Waals surface area contributed by atoms with Crippen LogP contribution in [0.2, 0.25) is 0 Å². The van der Waals surface area contributed by atoms with Crippen LogP contribution in [0.5, 0.6) is 5.75 Å². The van der Waals surface area contributed by atoms with Crippen LogP contribution < -0.4 is 15.4 Å². The van der Waals surface area contributed by atoms with E-state index in [2.05, 4.69) is 24.5 Å². The van der Waals surface area contributed by atoms with Crippen LogP contribution in [0.25, 0.3) is 0 Å². The van der Waals surface area contributed by atoms with Crippen molar-refractivity contribution in [3.05, 3.63) is 29.8 Å². The van der Waals surface area contributed by atoms with Gasteiger partial charge in [0, 0.05) is 18.5 Å². The van der Waals surface area contributed by atoms with Crippen molar-refractivity contribution in [2.45, 2.75) is 19.3 Å². The summed E-state index contributed by atoms with van der Waals surface area (Å²) in [5.74, 6) is 0.813. The van der Waals surface area contributed by atoms with E-state index >= 15 is 0 Å². The Morgan fingerprint density at radius 2 is 1.89 bits per heavy atom. The molecule has 0 aromatic heterocycles. The molecule has 0 unspecified atom stereocenters. The second-order valence-electron chi connectivity index (χ2n) is 4.95. The normalized spacial score (nSPS) is 10.9. The molecular weight excluding hydrogens is 244 g/mol. The molecule has 0 atom stereocenters. The van der Waals surface area contributed by atoms with Gasteiger partial charge in [-0.2, -0.15) is 0 Å². The highest BCUT2D eigenvalue weighted by atomic mass is 16.5. The van der Waals surface area contributed by atoms with E-state index in [0.29, 0.717) is 6.54 Å². The number of urea groups is 1. The van der Waals surface area contributed by atoms with Gasteiger partial charge in [-0.05, 0) is 17.7 Å². The van der Waals surface area contributed by atoms with Crippen LogP contribution in [0.4, 0.5) is 4.79 Å². The third-order valence-electron chi connectivity index (χ3n) is 2.96. The van der Waals surface area contributed by atoms with Crippen molar-refractivity contribution >= 4 is 6.03 Å². The second-order valence-corrected chi connectivity index (χ2v) is 4.95. The van der Waals surface area contributed by atoms with Crippen LogP contribution in [0.15, 0.2) is 24.3 Å². The topological polar surface area (TPSA) is 70.6 Å². The number of benzene rings is 1. The number of hydrogen-bond donors (Lipinski definition) is 3. The minimum atomic E-state index is -0.268. The van der Waals surface area contributed by atoms with E-state index in [1.807, 2.05) is 24.3 Å². The fourth-order valence-electron chi connectivity index (χ4n) is 1.68. The van der Waals surface area contributed by atoms with Crippen LogP contribution in [-0.4, -0.2) is 37.9 Å². The van der Waals surface area contributed by atoms with Gasteiger partial charge < -0.3 is 20.5 Å². The first-order valence-electron chi connectivity index (χ1n) is 6.26. The van der Waals surface area contributed by atoms with Gasteiger partial charge in [-0.3, -0.25) is 0 Å². The van der Waals surface area contributed by atoms with Crippen LogP contribution >= 0.6 is 0 Å². The predicted octanol–water partition coefficient (Wildman–Crippen LogP) is 1.26. The van der Waals surface area contributed by atoms with Crippen molar-refractivity contribution < 1.29 is 14.6 Å². The highest BCUT2D eigenvalue weighted by Crippen LogP contribution is 2.24. The number of nitrogens with one attached hydrogen (secondary N) is 2. The van der Waals surface area contributed by atoms with Crippen LogP contribution in [0, 0.1) is 0 Å². The standard InChI is InChI=1S/C14H22N2O3/c1-14(2,10-16-13(18)15-8-9-17)11-4-6-12(19-3)7-5-11/h4-7,17H,8-10H2,1-3H3,(H2,15,16,18). The average Bonchev–Trinajstić information content (AvgIpc) is 2.43. The van der Waals surface area contributed by atoms with Gasteiger partial charge in [-0.15, -0.1) is 0 Å². The van der Waals surface area contributed by atoms with E-state index < -0.39 is 0 Å². The first-order valence-corrected chi connectivity index (χ1v) is 6.26. The summed E-state index contributed by atoms with van der Waals surface area (Å²) in [6, 6.07) is 7.53. The largest absolute Gasteiger partial charge is 0.497 e. The molecule has 0 aliphatic carbocycles. The van der Waals surface area contributed by atoms with Gasteiger partial charge in [-0.25, -0.2) is 4.79 Å². The van der Waals surface area contributed by atoms with Gasteiger partial charge in [0.05, 0.1) is 13.7 Å². The van der Waals surface area contributed by atoms with Crippen molar-refractivity contribution in [3.63, 3.8) is 0 Å². The number of carbonyl (C=O) groups is 1. The summed E-state index contributed by atoms with van der Waals surface area (Å²) in [5.41, 5.74) is 0.943. The van der Waals surface area contributed by atoms with E-state index in [-0.39, 0.29) is 24.6 Å². The van der Waals surface area contributed by atoms with E-state index in [1.54, 1.807) is 7.11 Å². The number of carbonyl (C=O) groups excluding carboxylic acids is 1. The predicted molar refractivity (Wildman–Crippen MR) is 74.5 cm³/mol. The zero-order valence-electron chi connectivity index (χ0n) is 11.7. The van der Waals surface area contributed by atoms with Crippen LogP contribution in [0.3, 0.4) is 0 Å². The Balaban J connectivity index is 2.56. The Morgan fingerprint density at radius 3 is 2.42 bits per heavy atom. The summed E-state index contributed by atoms with van der Waals surface area (Å²) in [5, 5.41) is 14.0. The lowest BCUT2D eigenvalue weighted by Gasteiger charge is -2.26. The SMILES string of the molecule is COc1ccc(C(C)(C)CNC(=O)NCCO)cc1. The maximum Gasteiger partial charge on any atom is 0.314 e. The molecule has 0 saturated carbocycles. The molecule has 1 rings (SSSR count). The fraction of sp³-hybridized carbons (Fsp3) is 0.500. The van der Waals surface area contributed by atoms with Gasteiger partial charge in [0.2, 0.25) is 0 Å². The number of rotatable bonds is 6. The molecule has 0 saturated heterocycles. The minimum absolute atomic E-state index is 0.0602. The Labute approximate surface area is 114 Å². The molecule has 0 spiro atoms. The van der Waals surface area contributed by atoms with Gasteiger partial charge >= 0.3 is 6.03 Å². The van der Waals surface area contributed by atoms with Crippen LogP contribution in [0.1, 0.15) is 19.4 Å². The van der Waals surface area contributed by atoms with Crippen molar-refractivity contribution in [3.8, 4) is 5.75 Å². The molecule has 0 bridgehead atoms. The van der Waals surface area contributed by atoms with Gasteiger partial charge in [0.1, 0.15) is 5.75 Å². The molecule has 0 aliphatic rings. The molecule has 1 aromatic carbocycles. The Bertz CT molecular complexity index is 402. The summed E-state index contributed by atoms with van der Waals surface area (Å²) in [6.45, 7) is 4.82. The summed E-state index contributed by atoms with van der Waals surface area (Å²) in [4.78, 5) is 11.4. The molecule has 106 valence electrons. The van der Waals surface area contributed by atoms with Gasteiger partial charge in [0.15, 0.2) is 0 Å². The van der Waals surface area contributed by atoms with Crippen molar-refractivity contribution in [2.24, 2.45) is 0 Å². The van der Waals surface area contributed by atoms with Gasteiger partial charge in [0.25, 0.3) is 0 Å². The van der Waals surface area contributed by atoms with Crippen molar-refractivity contribution in [2.75, 3.05) is 26.8 Å². The molecule has 5 heteroatoms. The third kappa shape index (κ3) is 4.79. The maximum absolute atomic E-state index is 11.4. The maximum atomic E-state index is 11.4. The zero-order valence-corrected chi connectivity index (χ0v) is 11.7. The van der Waals surface area contributed by atoms with Crippen molar-refractivity contribution in [1.29, 1.82) is 0 Å². The Hall–Kier alpha value is -1.75. The summed E-state index contributed by atoms with van der Waals surface area (Å²) in [7, 11) is 1.63. The lowest BCUT2D eigenvalue weighted by molar-refractivity contribution is 0.232. The molecule has 0 heterocycles. The number of aliphatic hydroxyl groups is 1. The smallest absolute Gasteiger partial charge is 0.314 e. The minimum Gasteiger partial charge on any atom is -0.497 e. The zero-order chi connectivity index (χ0) is 14.3. The highest BCUT2D eigenvalue weighted by molar-refractivity contribution is 5.73. The molecule has 19 heavy (non-hydrogen) atoms. The van der Waals surface area contributed by atoms with E-state index in [4.69, 9.17) is 9.84 Å². The summed E-state index contributed by atoms with van der Waals surface area (Å²) >= 11 is 0. The third-order valence-corrected chi connectivity index (χ3v) is 2.96. The van der Waals surface area contributed by atoms with E-state index in [0.717, 1.165) is 11.3 Å². The number of ether oxygens (including phenoxy) is 1. The van der Waals surface area contributed by atoms with E-state index in [9.17, 15) is 4.79 Å². The molecule has 0 fully saturated rings. The molecule has 5 nitrogen and oxygen atoms in total. The monoisotopic (exact) mass is 266 g/mol. The lowest BCUT2D eigenvalue weighted by Crippen LogP contribution is -2.43.